The summed E-state index contributed by atoms with van der Waals surface area (Å²) in [5, 5.41) is 4.92. The molecule has 2 aromatic rings. The van der Waals surface area contributed by atoms with Gasteiger partial charge in [-0.3, -0.25) is 0 Å². The molecule has 2 aliphatic carbocycles. The predicted octanol–water partition coefficient (Wildman–Crippen LogP) is 3.12. The van der Waals surface area contributed by atoms with Gasteiger partial charge in [0.1, 0.15) is 17.8 Å². The topological polar surface area (TPSA) is 56.8 Å². The maximum absolute atomic E-state index is 4.55. The van der Waals surface area contributed by atoms with Crippen LogP contribution in [0.2, 0.25) is 0 Å². The van der Waals surface area contributed by atoms with E-state index < -0.39 is 0 Å². The van der Waals surface area contributed by atoms with E-state index in [4.69, 9.17) is 0 Å². The van der Waals surface area contributed by atoms with Crippen LogP contribution in [0.5, 0.6) is 0 Å². The van der Waals surface area contributed by atoms with Crippen molar-refractivity contribution in [2.45, 2.75) is 56.5 Å². The van der Waals surface area contributed by atoms with Crippen molar-refractivity contribution in [2.75, 3.05) is 19.4 Å². The van der Waals surface area contributed by atoms with Gasteiger partial charge in [-0.1, -0.05) is 0 Å². The number of rotatable bonds is 4. The number of hydrogen-bond donors (Lipinski definition) is 2. The Bertz CT molecular complexity index is 650. The minimum absolute atomic E-state index is 0.538. The third-order valence-electron chi connectivity index (χ3n) is 5.29. The van der Waals surface area contributed by atoms with Crippen molar-refractivity contribution >= 4 is 16.9 Å². The first kappa shape index (κ1) is 14.0. The van der Waals surface area contributed by atoms with E-state index in [9.17, 15) is 0 Å². The fraction of sp³-hybridized carbons (Fsp3) is 0.647. The summed E-state index contributed by atoms with van der Waals surface area (Å²) in [5.41, 5.74) is 2.38. The zero-order chi connectivity index (χ0) is 15.1. The molecule has 2 aliphatic rings. The molecule has 22 heavy (non-hydrogen) atoms. The Hall–Kier alpha value is -1.62. The normalized spacial score (nSPS) is 25.8. The predicted molar refractivity (Wildman–Crippen MR) is 89.2 cm³/mol. The van der Waals surface area contributed by atoms with Crippen molar-refractivity contribution in [2.24, 2.45) is 0 Å². The summed E-state index contributed by atoms with van der Waals surface area (Å²) in [4.78, 5) is 14.6. The minimum atomic E-state index is 0.538. The molecule has 5 heteroatoms. The summed E-state index contributed by atoms with van der Waals surface area (Å²) in [6, 6.07) is 1.27. The Morgan fingerprint density at radius 2 is 1.86 bits per heavy atom. The maximum Gasteiger partial charge on any atom is 0.143 e. The fourth-order valence-electron chi connectivity index (χ4n) is 3.74. The molecule has 2 fully saturated rings. The van der Waals surface area contributed by atoms with Crippen molar-refractivity contribution in [1.29, 1.82) is 0 Å². The van der Waals surface area contributed by atoms with E-state index in [2.05, 4.69) is 45.5 Å². The van der Waals surface area contributed by atoms with E-state index >= 15 is 0 Å². The monoisotopic (exact) mass is 299 g/mol. The highest BCUT2D eigenvalue weighted by Crippen LogP contribution is 2.44. The van der Waals surface area contributed by atoms with E-state index in [0.29, 0.717) is 12.0 Å². The fourth-order valence-corrected chi connectivity index (χ4v) is 3.74. The second kappa shape index (κ2) is 5.54. The summed E-state index contributed by atoms with van der Waals surface area (Å²) < 4.78 is 0. The third-order valence-corrected chi connectivity index (χ3v) is 5.29. The Morgan fingerprint density at radius 3 is 2.55 bits per heavy atom. The molecule has 0 radical (unpaired) electrons. The zero-order valence-electron chi connectivity index (χ0n) is 13.5. The van der Waals surface area contributed by atoms with Gasteiger partial charge in [0.15, 0.2) is 0 Å². The smallest absolute Gasteiger partial charge is 0.143 e. The average molecular weight is 299 g/mol. The number of anilines is 1. The first-order valence-corrected chi connectivity index (χ1v) is 8.47. The number of H-pyrrole nitrogens is 1. The largest absolute Gasteiger partial charge is 0.367 e. The van der Waals surface area contributed by atoms with E-state index in [1.165, 1.54) is 49.5 Å². The number of aromatic nitrogens is 3. The molecular formula is C17H25N5. The highest BCUT2D eigenvalue weighted by molar-refractivity contribution is 5.91. The number of fused-ring (bicyclic) bond motifs is 1. The van der Waals surface area contributed by atoms with Crippen LogP contribution in [-0.2, 0) is 0 Å². The molecule has 0 saturated heterocycles. The van der Waals surface area contributed by atoms with Crippen molar-refractivity contribution in [3.05, 3.63) is 18.1 Å². The van der Waals surface area contributed by atoms with Crippen LogP contribution in [0.15, 0.2) is 12.5 Å². The van der Waals surface area contributed by atoms with Crippen LogP contribution in [0.4, 0.5) is 5.82 Å². The lowest BCUT2D eigenvalue weighted by Crippen LogP contribution is -2.36. The van der Waals surface area contributed by atoms with Gasteiger partial charge in [-0.2, -0.15) is 0 Å². The molecular weight excluding hydrogens is 274 g/mol. The molecule has 4 rings (SSSR count). The van der Waals surface area contributed by atoms with E-state index in [-0.39, 0.29) is 0 Å². The molecule has 0 unspecified atom stereocenters. The lowest BCUT2D eigenvalue weighted by molar-refractivity contribution is 0.221. The van der Waals surface area contributed by atoms with E-state index in [1.807, 2.05) is 0 Å². The van der Waals surface area contributed by atoms with Crippen molar-refractivity contribution < 1.29 is 0 Å². The van der Waals surface area contributed by atoms with Crippen molar-refractivity contribution in [1.82, 2.24) is 19.9 Å². The van der Waals surface area contributed by atoms with Crippen LogP contribution >= 0.6 is 0 Å². The lowest BCUT2D eigenvalue weighted by atomic mass is 9.90. The molecule has 0 spiro atoms. The SMILES string of the molecule is CN(C)[C@H]1CC[C@H](Nc2ncnc3[nH]cc(C4CC4)c23)CC1. The van der Waals surface area contributed by atoms with Crippen LogP contribution in [0.1, 0.15) is 50.0 Å². The lowest BCUT2D eigenvalue weighted by Gasteiger charge is -2.33. The van der Waals surface area contributed by atoms with Crippen molar-refractivity contribution in [3.8, 4) is 0 Å². The molecule has 2 aromatic heterocycles. The van der Waals surface area contributed by atoms with Crippen molar-refractivity contribution in [3.63, 3.8) is 0 Å². The number of nitrogens with zero attached hydrogens (tertiary/aromatic N) is 3. The Kier molecular flexibility index (Phi) is 3.53. The second-order valence-electron chi connectivity index (χ2n) is 7.08. The highest BCUT2D eigenvalue weighted by Gasteiger charge is 2.29. The quantitative estimate of drug-likeness (QED) is 0.910. The summed E-state index contributed by atoms with van der Waals surface area (Å²) >= 11 is 0. The zero-order valence-corrected chi connectivity index (χ0v) is 13.5. The molecule has 0 aliphatic heterocycles. The molecule has 5 nitrogen and oxygen atoms in total. The third kappa shape index (κ3) is 2.58. The number of aromatic amines is 1. The van der Waals surface area contributed by atoms with Gasteiger partial charge in [-0.25, -0.2) is 9.97 Å². The van der Waals surface area contributed by atoms with Gasteiger partial charge in [0.25, 0.3) is 0 Å². The summed E-state index contributed by atoms with van der Waals surface area (Å²) in [6.45, 7) is 0. The Balaban J connectivity index is 1.53. The van der Waals surface area contributed by atoms with Gasteiger partial charge in [0, 0.05) is 18.3 Å². The molecule has 118 valence electrons. The van der Waals surface area contributed by atoms with Gasteiger partial charge in [0.2, 0.25) is 0 Å². The number of nitrogens with one attached hydrogen (secondary N) is 2. The van der Waals surface area contributed by atoms with Crippen LogP contribution < -0.4 is 5.32 Å². The van der Waals surface area contributed by atoms with Gasteiger partial charge >= 0.3 is 0 Å². The molecule has 2 heterocycles. The highest BCUT2D eigenvalue weighted by atomic mass is 15.1. The number of hydrogen-bond acceptors (Lipinski definition) is 4. The van der Waals surface area contributed by atoms with Gasteiger partial charge in [0.05, 0.1) is 5.39 Å². The standard InChI is InChI=1S/C17H25N5/c1-22(2)13-7-5-12(6-8-13)21-17-15-14(11-3-4-11)9-18-16(15)19-10-20-17/h9-13H,3-8H2,1-2H3,(H2,18,19,20,21)/t12-,13-. The Labute approximate surface area is 131 Å². The summed E-state index contributed by atoms with van der Waals surface area (Å²) in [5.74, 6) is 1.74. The first-order valence-electron chi connectivity index (χ1n) is 8.47. The van der Waals surface area contributed by atoms with Crippen LogP contribution in [-0.4, -0.2) is 46.0 Å². The summed E-state index contributed by atoms with van der Waals surface area (Å²) in [7, 11) is 4.38. The van der Waals surface area contributed by atoms with Gasteiger partial charge in [-0.05, 0) is 64.1 Å². The molecule has 0 bridgehead atoms. The maximum atomic E-state index is 4.55. The first-order chi connectivity index (χ1) is 10.7. The average Bonchev–Trinajstić information content (AvgIpc) is 3.27. The molecule has 0 atom stereocenters. The Morgan fingerprint density at radius 1 is 1.09 bits per heavy atom. The van der Waals surface area contributed by atoms with Crippen LogP contribution in [0.25, 0.3) is 11.0 Å². The molecule has 2 saturated carbocycles. The van der Waals surface area contributed by atoms with Gasteiger partial charge < -0.3 is 15.2 Å². The summed E-state index contributed by atoms with van der Waals surface area (Å²) in [6.07, 6.45) is 11.4. The van der Waals surface area contributed by atoms with Crippen LogP contribution in [0.3, 0.4) is 0 Å². The minimum Gasteiger partial charge on any atom is -0.367 e. The van der Waals surface area contributed by atoms with E-state index in [0.717, 1.165) is 17.5 Å². The van der Waals surface area contributed by atoms with Gasteiger partial charge in [-0.15, -0.1) is 0 Å². The second-order valence-corrected chi connectivity index (χ2v) is 7.08. The molecule has 0 aromatic carbocycles. The molecule has 2 N–H and O–H groups in total. The van der Waals surface area contributed by atoms with Crippen LogP contribution in [0, 0.1) is 0 Å². The molecule has 0 amide bonds. The van der Waals surface area contributed by atoms with E-state index in [1.54, 1.807) is 6.33 Å².